The quantitative estimate of drug-likeness (QED) is 0.141. The van der Waals surface area contributed by atoms with Gasteiger partial charge in [-0.25, -0.2) is 19.2 Å². The molecule has 17 heteroatoms. The number of benzene rings is 2. The number of fused-ring (bicyclic) bond motifs is 1. The molecule has 0 spiro atoms. The van der Waals surface area contributed by atoms with Gasteiger partial charge in [-0.05, 0) is 81.0 Å². The molecule has 5 aromatic rings. The van der Waals surface area contributed by atoms with Crippen molar-refractivity contribution in [3.8, 4) is 11.3 Å². The van der Waals surface area contributed by atoms with Gasteiger partial charge in [-0.15, -0.1) is 0 Å². The van der Waals surface area contributed by atoms with Gasteiger partial charge in [0, 0.05) is 79.7 Å². The van der Waals surface area contributed by atoms with Gasteiger partial charge in [0.05, 0.1) is 24.0 Å². The van der Waals surface area contributed by atoms with Crippen LogP contribution in [0.15, 0.2) is 59.4 Å². The molecule has 0 unspecified atom stereocenters. The maximum atomic E-state index is 16.0. The zero-order valence-electron chi connectivity index (χ0n) is 34.8. The Labute approximate surface area is 347 Å². The molecule has 3 aliphatic rings. The van der Waals surface area contributed by atoms with Crippen molar-refractivity contribution in [2.75, 3.05) is 47.8 Å². The van der Waals surface area contributed by atoms with Crippen molar-refractivity contribution in [3.05, 3.63) is 89.2 Å². The van der Waals surface area contributed by atoms with Crippen LogP contribution >= 0.6 is 0 Å². The Kier molecular flexibility index (Phi) is 11.1. The highest BCUT2D eigenvalue weighted by atomic mass is 19.1. The van der Waals surface area contributed by atoms with Crippen molar-refractivity contribution in [2.24, 2.45) is 5.92 Å². The molecule has 3 aliphatic heterocycles. The van der Waals surface area contributed by atoms with Crippen LogP contribution in [0.4, 0.5) is 32.2 Å². The number of nitrogens with zero attached hydrogens (tertiary/aromatic N) is 9. The van der Waals surface area contributed by atoms with Crippen LogP contribution in [-0.4, -0.2) is 85.4 Å². The zero-order chi connectivity index (χ0) is 42.3. The standard InChI is InChI=1S/C43H51FN12O4/c1-25-31(26(2)47-39(58)40-50-41(52-60-40)43(4,5)6)11-12-32(38(25)44)33-21-35(46-24-45-33)48-36-22-34-27(3)54(19-20-56(34)51-36)23-28-13-16-53(17-14-28)29-7-9-30(10-8-29)55-18-15-37(57)49-42(55)59/h7-12,21-22,24,26-28H,13-20,23H2,1-6H3,(H,47,58)(H,49,57,59)(H,45,46,48,51)/t26-,27-/m1/s1. The SMILES string of the molecule is Cc1c([C@@H](C)NC(=O)c2nc(C(C)(C)C)no2)ccc(-c2cc(Nc3cc4n(n3)CCN(CC3CCN(c5ccc(N6CCC(=O)NC6=O)cc5)CC3)[C@@H]4C)ncn2)c1F. The molecular weight excluding hydrogens is 768 g/mol. The van der Waals surface area contributed by atoms with E-state index < -0.39 is 17.8 Å². The summed E-state index contributed by atoms with van der Waals surface area (Å²) in [6, 6.07) is 14.5. The third-order valence-corrected chi connectivity index (χ3v) is 11.8. The van der Waals surface area contributed by atoms with Crippen molar-refractivity contribution < 1.29 is 23.3 Å². The maximum Gasteiger partial charge on any atom is 0.328 e. The van der Waals surface area contributed by atoms with Gasteiger partial charge in [-0.1, -0.05) is 32.0 Å². The first-order chi connectivity index (χ1) is 28.7. The van der Waals surface area contributed by atoms with E-state index in [4.69, 9.17) is 9.62 Å². The van der Waals surface area contributed by atoms with Crippen molar-refractivity contribution in [2.45, 2.75) is 84.8 Å². The molecule has 2 saturated heterocycles. The molecule has 4 amide bonds. The molecule has 2 atom stereocenters. The van der Waals surface area contributed by atoms with Gasteiger partial charge >= 0.3 is 17.8 Å². The van der Waals surface area contributed by atoms with Gasteiger partial charge in [0.1, 0.15) is 18.0 Å². The maximum absolute atomic E-state index is 16.0. The van der Waals surface area contributed by atoms with Gasteiger partial charge in [-0.3, -0.25) is 29.4 Å². The van der Waals surface area contributed by atoms with Crippen LogP contribution in [0, 0.1) is 18.7 Å². The van der Waals surface area contributed by atoms with E-state index in [0.29, 0.717) is 58.7 Å². The van der Waals surface area contributed by atoms with E-state index in [1.807, 2.05) is 37.6 Å². The number of carbonyl (C=O) groups is 3. The summed E-state index contributed by atoms with van der Waals surface area (Å²) in [6.45, 7) is 16.4. The molecule has 6 heterocycles. The van der Waals surface area contributed by atoms with Gasteiger partial charge in [0.15, 0.2) is 11.6 Å². The summed E-state index contributed by atoms with van der Waals surface area (Å²) in [4.78, 5) is 56.2. The third-order valence-electron chi connectivity index (χ3n) is 11.8. The van der Waals surface area contributed by atoms with Gasteiger partial charge in [0.2, 0.25) is 5.91 Å². The largest absolute Gasteiger partial charge is 0.372 e. The van der Waals surface area contributed by atoms with E-state index in [2.05, 4.69) is 71.0 Å². The second-order valence-corrected chi connectivity index (χ2v) is 17.0. The number of hydrogen-bond donors (Lipinski definition) is 3. The highest BCUT2D eigenvalue weighted by Gasteiger charge is 2.31. The van der Waals surface area contributed by atoms with Crippen molar-refractivity contribution >= 4 is 40.9 Å². The normalized spacial score (nSPS) is 18.3. The number of carbonyl (C=O) groups excluding carboxylic acids is 3. The number of hydrogen-bond acceptors (Lipinski definition) is 12. The number of nitrogens with one attached hydrogen (secondary N) is 3. The monoisotopic (exact) mass is 818 g/mol. The molecule has 3 N–H and O–H groups in total. The summed E-state index contributed by atoms with van der Waals surface area (Å²) >= 11 is 0. The molecular formula is C43H51FN12O4. The molecule has 16 nitrogen and oxygen atoms in total. The molecule has 0 aliphatic carbocycles. The van der Waals surface area contributed by atoms with Crippen LogP contribution in [0.2, 0.25) is 0 Å². The lowest BCUT2D eigenvalue weighted by Gasteiger charge is -2.39. The average Bonchev–Trinajstić information content (AvgIpc) is 3.90. The van der Waals surface area contributed by atoms with Gasteiger partial charge in [-0.2, -0.15) is 10.1 Å². The van der Waals surface area contributed by atoms with E-state index in [-0.39, 0.29) is 29.3 Å². The second-order valence-electron chi connectivity index (χ2n) is 17.0. The number of aromatic nitrogens is 6. The molecule has 314 valence electrons. The highest BCUT2D eigenvalue weighted by Crippen LogP contribution is 2.34. The predicted molar refractivity (Wildman–Crippen MR) is 223 cm³/mol. The summed E-state index contributed by atoms with van der Waals surface area (Å²) in [5.41, 5.74) is 4.39. The summed E-state index contributed by atoms with van der Waals surface area (Å²) in [6.07, 6.45) is 3.88. The molecule has 3 aromatic heterocycles. The summed E-state index contributed by atoms with van der Waals surface area (Å²) in [5.74, 6) is 0.791. The number of imide groups is 1. The number of anilines is 4. The first-order valence-corrected chi connectivity index (χ1v) is 20.5. The number of halogens is 1. The molecule has 2 aromatic carbocycles. The Morgan fingerprint density at radius 3 is 2.45 bits per heavy atom. The van der Waals surface area contributed by atoms with E-state index in [0.717, 1.165) is 62.6 Å². The second kappa shape index (κ2) is 16.4. The molecule has 0 radical (unpaired) electrons. The zero-order valence-corrected chi connectivity index (χ0v) is 34.8. The van der Waals surface area contributed by atoms with Crippen molar-refractivity contribution in [3.63, 3.8) is 0 Å². The van der Waals surface area contributed by atoms with E-state index in [1.165, 1.54) is 6.33 Å². The first-order valence-electron chi connectivity index (χ1n) is 20.5. The van der Waals surface area contributed by atoms with Crippen LogP contribution in [-0.2, 0) is 16.8 Å². The summed E-state index contributed by atoms with van der Waals surface area (Å²) in [7, 11) is 0. The van der Waals surface area contributed by atoms with Crippen LogP contribution in [0.3, 0.4) is 0 Å². The fraction of sp³-hybridized carbons (Fsp3) is 0.442. The minimum Gasteiger partial charge on any atom is -0.372 e. The lowest BCUT2D eigenvalue weighted by Crippen LogP contribution is -2.49. The number of rotatable bonds is 10. The lowest BCUT2D eigenvalue weighted by atomic mass is 9.94. The van der Waals surface area contributed by atoms with Gasteiger partial charge in [0.25, 0.3) is 0 Å². The van der Waals surface area contributed by atoms with Crippen LogP contribution < -0.4 is 25.8 Å². The number of amides is 4. The van der Waals surface area contributed by atoms with Crippen LogP contribution in [0.1, 0.15) is 99.3 Å². The molecule has 0 saturated carbocycles. The highest BCUT2D eigenvalue weighted by molar-refractivity contribution is 6.05. The average molecular weight is 819 g/mol. The fourth-order valence-electron chi connectivity index (χ4n) is 8.25. The number of urea groups is 1. The summed E-state index contributed by atoms with van der Waals surface area (Å²) < 4.78 is 23.2. The molecule has 2 fully saturated rings. The topological polar surface area (TPSA) is 180 Å². The fourth-order valence-corrected chi connectivity index (χ4v) is 8.25. The Balaban J connectivity index is 0.858. The van der Waals surface area contributed by atoms with Gasteiger partial charge < -0.3 is 20.1 Å². The third kappa shape index (κ3) is 8.44. The van der Waals surface area contributed by atoms with Crippen molar-refractivity contribution in [1.82, 2.24) is 45.4 Å². The first kappa shape index (κ1) is 40.5. The Morgan fingerprint density at radius 2 is 1.73 bits per heavy atom. The molecule has 8 rings (SSSR count). The minimum absolute atomic E-state index is 0.144. The molecule has 0 bridgehead atoms. The van der Waals surface area contributed by atoms with Crippen LogP contribution in [0.25, 0.3) is 11.3 Å². The molecule has 60 heavy (non-hydrogen) atoms. The summed E-state index contributed by atoms with van der Waals surface area (Å²) in [5, 5.41) is 17.3. The van der Waals surface area contributed by atoms with E-state index in [1.54, 1.807) is 36.9 Å². The minimum atomic E-state index is -0.533. The number of piperidine rings is 1. The van der Waals surface area contributed by atoms with Crippen molar-refractivity contribution in [1.29, 1.82) is 0 Å². The Morgan fingerprint density at radius 1 is 0.983 bits per heavy atom. The van der Waals surface area contributed by atoms with Crippen LogP contribution in [0.5, 0.6) is 0 Å². The smallest absolute Gasteiger partial charge is 0.328 e. The Hall–Kier alpha value is -6.23. The predicted octanol–water partition coefficient (Wildman–Crippen LogP) is 6.44. The lowest BCUT2D eigenvalue weighted by molar-refractivity contribution is -0.120. The van der Waals surface area contributed by atoms with E-state index >= 15 is 4.39 Å². The Bertz CT molecular complexity index is 2400. The van der Waals surface area contributed by atoms with E-state index in [9.17, 15) is 14.4 Å².